The van der Waals surface area contributed by atoms with Crippen molar-refractivity contribution >= 4 is 11.9 Å². The van der Waals surface area contributed by atoms with E-state index in [1.807, 2.05) is 0 Å². The highest BCUT2D eigenvalue weighted by molar-refractivity contribution is 5.72. The molecule has 0 spiro atoms. The van der Waals surface area contributed by atoms with Crippen LogP contribution in [-0.4, -0.2) is 16.4 Å². The van der Waals surface area contributed by atoms with Gasteiger partial charge in [-0.05, 0) is 12.1 Å². The molecule has 0 bridgehead atoms. The zero-order valence-electron chi connectivity index (χ0n) is 6.73. The Morgan fingerprint density at radius 1 is 1.38 bits per heavy atom. The summed E-state index contributed by atoms with van der Waals surface area (Å²) in [6.45, 7) is 3.36. The largest absolute Gasteiger partial charge is 0.511 e. The van der Waals surface area contributed by atoms with E-state index in [1.54, 1.807) is 12.1 Å². The molecule has 0 aliphatic carbocycles. The quantitative estimate of drug-likeness (QED) is 0.540. The average Bonchev–Trinajstić information content (AvgIpc) is 2.03. The maximum absolute atomic E-state index is 10.1. The second-order valence-corrected chi connectivity index (χ2v) is 2.31. The number of rotatable bonds is 2. The SMILES string of the molecule is C=C(OC(=O)O)c1ccccc1O. The number of aromatic hydroxyl groups is 1. The summed E-state index contributed by atoms with van der Waals surface area (Å²) in [7, 11) is 0. The van der Waals surface area contributed by atoms with E-state index in [0.29, 0.717) is 0 Å². The number of benzene rings is 1. The molecule has 13 heavy (non-hydrogen) atoms. The van der Waals surface area contributed by atoms with Gasteiger partial charge in [0.2, 0.25) is 0 Å². The van der Waals surface area contributed by atoms with E-state index >= 15 is 0 Å². The van der Waals surface area contributed by atoms with E-state index in [4.69, 9.17) is 5.11 Å². The predicted molar refractivity (Wildman–Crippen MR) is 46.3 cm³/mol. The van der Waals surface area contributed by atoms with Gasteiger partial charge in [-0.3, -0.25) is 0 Å². The van der Waals surface area contributed by atoms with E-state index in [1.165, 1.54) is 12.1 Å². The normalized spacial score (nSPS) is 9.23. The Bertz CT molecular complexity index is 343. The van der Waals surface area contributed by atoms with Crippen LogP contribution in [0.4, 0.5) is 4.79 Å². The van der Waals surface area contributed by atoms with Crippen LogP contribution in [0.5, 0.6) is 5.75 Å². The molecule has 2 N–H and O–H groups in total. The fourth-order valence-corrected chi connectivity index (χ4v) is 0.870. The van der Waals surface area contributed by atoms with Crippen LogP contribution >= 0.6 is 0 Å². The van der Waals surface area contributed by atoms with Crippen molar-refractivity contribution in [3.63, 3.8) is 0 Å². The summed E-state index contributed by atoms with van der Waals surface area (Å²) in [6, 6.07) is 6.20. The summed E-state index contributed by atoms with van der Waals surface area (Å²) in [5.74, 6) is -0.153. The molecule has 0 aliphatic heterocycles. The van der Waals surface area contributed by atoms with Gasteiger partial charge < -0.3 is 14.9 Å². The summed E-state index contributed by atoms with van der Waals surface area (Å²) < 4.78 is 4.28. The Hall–Kier alpha value is -1.97. The highest BCUT2D eigenvalue weighted by atomic mass is 16.7. The molecule has 1 rings (SSSR count). The highest BCUT2D eigenvalue weighted by Gasteiger charge is 2.08. The van der Waals surface area contributed by atoms with Crippen molar-refractivity contribution in [2.45, 2.75) is 0 Å². The van der Waals surface area contributed by atoms with E-state index in [0.717, 1.165) is 0 Å². The average molecular weight is 180 g/mol. The van der Waals surface area contributed by atoms with Crippen LogP contribution in [-0.2, 0) is 4.74 Å². The van der Waals surface area contributed by atoms with Crippen LogP contribution in [0.1, 0.15) is 5.56 Å². The Morgan fingerprint density at radius 2 is 2.00 bits per heavy atom. The van der Waals surface area contributed by atoms with Gasteiger partial charge in [0.25, 0.3) is 0 Å². The van der Waals surface area contributed by atoms with Crippen molar-refractivity contribution < 1.29 is 19.7 Å². The monoisotopic (exact) mass is 180 g/mol. The van der Waals surface area contributed by atoms with E-state index in [9.17, 15) is 9.90 Å². The minimum absolute atomic E-state index is 0.0613. The Balaban J connectivity index is 2.89. The van der Waals surface area contributed by atoms with E-state index < -0.39 is 6.16 Å². The molecule has 1 aromatic carbocycles. The predicted octanol–water partition coefficient (Wildman–Crippen LogP) is 2.06. The van der Waals surface area contributed by atoms with Crippen molar-refractivity contribution in [3.8, 4) is 5.75 Å². The zero-order valence-corrected chi connectivity index (χ0v) is 6.73. The van der Waals surface area contributed by atoms with Gasteiger partial charge in [-0.2, -0.15) is 0 Å². The molecule has 4 heteroatoms. The molecular weight excluding hydrogens is 172 g/mol. The summed E-state index contributed by atoms with van der Waals surface area (Å²) in [5.41, 5.74) is 0.268. The van der Waals surface area contributed by atoms with Gasteiger partial charge in [-0.1, -0.05) is 18.7 Å². The fourth-order valence-electron chi connectivity index (χ4n) is 0.870. The molecule has 4 nitrogen and oxygen atoms in total. The van der Waals surface area contributed by atoms with Gasteiger partial charge in [0.1, 0.15) is 11.5 Å². The molecule has 68 valence electrons. The number of carbonyl (C=O) groups is 1. The molecule has 0 aromatic heterocycles. The number of para-hydroxylation sites is 1. The lowest BCUT2D eigenvalue weighted by Crippen LogP contribution is -1.98. The van der Waals surface area contributed by atoms with Crippen molar-refractivity contribution in [3.05, 3.63) is 36.4 Å². The van der Waals surface area contributed by atoms with Gasteiger partial charge in [0.05, 0.1) is 5.56 Å². The Kier molecular flexibility index (Phi) is 2.54. The second kappa shape index (κ2) is 3.62. The van der Waals surface area contributed by atoms with Crippen LogP contribution in [0.15, 0.2) is 30.8 Å². The minimum Gasteiger partial charge on any atom is -0.507 e. The van der Waals surface area contributed by atoms with E-state index in [-0.39, 0.29) is 17.1 Å². The van der Waals surface area contributed by atoms with Gasteiger partial charge in [0.15, 0.2) is 0 Å². The van der Waals surface area contributed by atoms with Crippen molar-refractivity contribution in [2.24, 2.45) is 0 Å². The molecular formula is C9H8O4. The van der Waals surface area contributed by atoms with Crippen LogP contribution in [0, 0.1) is 0 Å². The number of ether oxygens (including phenoxy) is 1. The smallest absolute Gasteiger partial charge is 0.507 e. The molecule has 0 atom stereocenters. The van der Waals surface area contributed by atoms with Crippen molar-refractivity contribution in [1.29, 1.82) is 0 Å². The molecule has 0 heterocycles. The highest BCUT2D eigenvalue weighted by Crippen LogP contribution is 2.23. The third-order valence-electron chi connectivity index (χ3n) is 1.41. The summed E-state index contributed by atoms with van der Waals surface area (Å²) in [6.07, 6.45) is -1.45. The minimum atomic E-state index is -1.45. The van der Waals surface area contributed by atoms with Gasteiger partial charge in [-0.25, -0.2) is 4.79 Å². The van der Waals surface area contributed by atoms with Crippen molar-refractivity contribution in [2.75, 3.05) is 0 Å². The molecule has 0 fully saturated rings. The molecule has 0 saturated heterocycles. The number of hydrogen-bond donors (Lipinski definition) is 2. The van der Waals surface area contributed by atoms with Gasteiger partial charge in [0, 0.05) is 0 Å². The first-order chi connectivity index (χ1) is 6.11. The lowest BCUT2D eigenvalue weighted by molar-refractivity contribution is 0.135. The molecule has 1 aromatic rings. The Labute approximate surface area is 74.7 Å². The number of carboxylic acid groups (broad SMARTS) is 1. The molecule has 0 radical (unpaired) electrons. The lowest BCUT2D eigenvalue weighted by Gasteiger charge is -2.05. The topological polar surface area (TPSA) is 66.8 Å². The van der Waals surface area contributed by atoms with Crippen LogP contribution in [0.25, 0.3) is 5.76 Å². The third kappa shape index (κ3) is 2.23. The summed E-state index contributed by atoms with van der Waals surface area (Å²) in [5, 5.41) is 17.5. The number of phenols is 1. The standard InChI is InChI=1S/C9H8O4/c1-6(13-9(11)12)7-4-2-3-5-8(7)10/h2-5,10H,1H2,(H,11,12). The number of phenolic OH excluding ortho intramolecular Hbond substituents is 1. The van der Waals surface area contributed by atoms with Crippen LogP contribution in [0.3, 0.4) is 0 Å². The van der Waals surface area contributed by atoms with E-state index in [2.05, 4.69) is 11.3 Å². The first-order valence-corrected chi connectivity index (χ1v) is 3.49. The first kappa shape index (κ1) is 9.12. The molecule has 0 amide bonds. The van der Waals surface area contributed by atoms with Gasteiger partial charge >= 0.3 is 6.16 Å². The van der Waals surface area contributed by atoms with Crippen LogP contribution in [0.2, 0.25) is 0 Å². The van der Waals surface area contributed by atoms with Crippen LogP contribution < -0.4 is 0 Å². The fraction of sp³-hybridized carbons (Fsp3) is 0. The maximum atomic E-state index is 10.1. The second-order valence-electron chi connectivity index (χ2n) is 2.31. The Morgan fingerprint density at radius 3 is 2.54 bits per heavy atom. The third-order valence-corrected chi connectivity index (χ3v) is 1.41. The molecule has 0 saturated carbocycles. The summed E-state index contributed by atoms with van der Waals surface area (Å²) in [4.78, 5) is 10.1. The van der Waals surface area contributed by atoms with Gasteiger partial charge in [-0.15, -0.1) is 0 Å². The molecule has 0 aliphatic rings. The zero-order chi connectivity index (χ0) is 9.84. The number of hydrogen-bond acceptors (Lipinski definition) is 3. The van der Waals surface area contributed by atoms with Crippen molar-refractivity contribution in [1.82, 2.24) is 0 Å². The maximum Gasteiger partial charge on any atom is 0.511 e. The molecule has 0 unspecified atom stereocenters. The lowest BCUT2D eigenvalue weighted by atomic mass is 10.2. The first-order valence-electron chi connectivity index (χ1n) is 3.49. The summed E-state index contributed by atoms with van der Waals surface area (Å²) >= 11 is 0.